The smallest absolute Gasteiger partial charge is 0.254 e. The number of hydrogen-bond acceptors (Lipinski definition) is 5. The van der Waals surface area contributed by atoms with E-state index in [-0.39, 0.29) is 17.6 Å². The van der Waals surface area contributed by atoms with Gasteiger partial charge in [0.2, 0.25) is 0 Å². The number of hydrogen-bond donors (Lipinski definition) is 2. The van der Waals surface area contributed by atoms with Gasteiger partial charge >= 0.3 is 0 Å². The fraction of sp³-hybridized carbons (Fsp3) is 0.280. The standard InChI is InChI=1S/C25H24ClFN6O/c1-15-5-2-3-7-18(15)25(34)33-8-4-6-16(14-33)10-28-24-21(27)13-31-23(32-24)20-12-30-22-19(20)9-17(26)11-29-22/h2-3,5,7,9,11-13,16H,4,6,8,10,14H2,1H3,(H,29,30)(H,28,31,32)/t16-/m0/s1. The minimum absolute atomic E-state index is 0.0462. The van der Waals surface area contributed by atoms with Crippen molar-refractivity contribution < 1.29 is 9.18 Å². The maximum atomic E-state index is 14.5. The molecule has 1 fully saturated rings. The Morgan fingerprint density at radius 1 is 1.29 bits per heavy atom. The van der Waals surface area contributed by atoms with Crippen LogP contribution in [0.4, 0.5) is 10.2 Å². The Hall–Kier alpha value is -3.52. The molecular weight excluding hydrogens is 455 g/mol. The minimum Gasteiger partial charge on any atom is -0.367 e. The van der Waals surface area contributed by atoms with Crippen molar-refractivity contribution in [2.75, 3.05) is 25.0 Å². The molecule has 4 heterocycles. The van der Waals surface area contributed by atoms with E-state index in [0.29, 0.717) is 35.1 Å². The number of nitrogens with zero attached hydrogens (tertiary/aromatic N) is 4. The molecule has 4 aromatic rings. The second-order valence-electron chi connectivity index (χ2n) is 8.60. The highest BCUT2D eigenvalue weighted by Crippen LogP contribution is 2.28. The number of aryl methyl sites for hydroxylation is 1. The van der Waals surface area contributed by atoms with Gasteiger partial charge in [0.15, 0.2) is 17.5 Å². The molecule has 3 aromatic heterocycles. The van der Waals surface area contributed by atoms with Crippen molar-refractivity contribution in [3.63, 3.8) is 0 Å². The van der Waals surface area contributed by atoms with Crippen LogP contribution >= 0.6 is 11.6 Å². The molecule has 1 amide bonds. The maximum absolute atomic E-state index is 14.5. The van der Waals surface area contributed by atoms with Crippen LogP contribution in [0.25, 0.3) is 22.4 Å². The number of nitrogens with one attached hydrogen (secondary N) is 2. The molecule has 174 valence electrons. The van der Waals surface area contributed by atoms with Gasteiger partial charge in [-0.05, 0) is 43.4 Å². The minimum atomic E-state index is -0.525. The molecule has 9 heteroatoms. The van der Waals surface area contributed by atoms with Crippen LogP contribution in [0.2, 0.25) is 5.02 Å². The predicted molar refractivity (Wildman–Crippen MR) is 130 cm³/mol. The number of benzene rings is 1. The number of piperidine rings is 1. The first-order valence-corrected chi connectivity index (χ1v) is 11.6. The molecule has 1 aliphatic heterocycles. The second kappa shape index (κ2) is 9.38. The van der Waals surface area contributed by atoms with Gasteiger partial charge in [-0.15, -0.1) is 0 Å². The van der Waals surface area contributed by atoms with Gasteiger partial charge < -0.3 is 15.2 Å². The fourth-order valence-electron chi connectivity index (χ4n) is 4.42. The van der Waals surface area contributed by atoms with Gasteiger partial charge in [-0.3, -0.25) is 4.79 Å². The molecule has 34 heavy (non-hydrogen) atoms. The van der Waals surface area contributed by atoms with Crippen LogP contribution in [0.15, 0.2) is 48.9 Å². The lowest BCUT2D eigenvalue weighted by atomic mass is 9.96. The molecule has 0 aliphatic carbocycles. The van der Waals surface area contributed by atoms with Crippen LogP contribution in [0.3, 0.4) is 0 Å². The molecule has 0 radical (unpaired) electrons. The number of amides is 1. The van der Waals surface area contributed by atoms with Crippen LogP contribution in [0.5, 0.6) is 0 Å². The number of aromatic amines is 1. The third-order valence-corrected chi connectivity index (χ3v) is 6.43. The molecule has 7 nitrogen and oxygen atoms in total. The molecule has 1 aliphatic rings. The van der Waals surface area contributed by atoms with Gasteiger partial charge in [0.25, 0.3) is 5.91 Å². The Bertz CT molecular complexity index is 1360. The molecule has 1 saturated heterocycles. The number of carbonyl (C=O) groups is 1. The number of halogens is 2. The predicted octanol–water partition coefficient (Wildman–Crippen LogP) is 5.09. The molecule has 1 atom stereocenters. The summed E-state index contributed by atoms with van der Waals surface area (Å²) in [6, 6.07) is 9.41. The van der Waals surface area contributed by atoms with E-state index >= 15 is 0 Å². The summed E-state index contributed by atoms with van der Waals surface area (Å²) in [6.45, 7) is 3.80. The third-order valence-electron chi connectivity index (χ3n) is 6.22. The molecule has 2 N–H and O–H groups in total. The summed E-state index contributed by atoms with van der Waals surface area (Å²) in [7, 11) is 0. The molecular formula is C25H24ClFN6O. The summed E-state index contributed by atoms with van der Waals surface area (Å²) in [4.78, 5) is 30.8. The lowest BCUT2D eigenvalue weighted by molar-refractivity contribution is 0.0679. The first-order valence-electron chi connectivity index (χ1n) is 11.2. The lowest BCUT2D eigenvalue weighted by Crippen LogP contribution is -2.42. The second-order valence-corrected chi connectivity index (χ2v) is 9.03. The number of aromatic nitrogens is 4. The van der Waals surface area contributed by atoms with E-state index in [1.54, 1.807) is 18.5 Å². The van der Waals surface area contributed by atoms with Crippen LogP contribution in [-0.4, -0.2) is 50.4 Å². The summed E-state index contributed by atoms with van der Waals surface area (Å²) < 4.78 is 14.5. The zero-order valence-corrected chi connectivity index (χ0v) is 19.4. The number of pyridine rings is 1. The summed E-state index contributed by atoms with van der Waals surface area (Å²) in [5, 5.41) is 4.40. The summed E-state index contributed by atoms with van der Waals surface area (Å²) in [5.41, 5.74) is 3.05. The van der Waals surface area contributed by atoms with Gasteiger partial charge in [-0.2, -0.15) is 0 Å². The Kier molecular flexibility index (Phi) is 6.15. The first kappa shape index (κ1) is 22.3. The normalized spacial score (nSPS) is 16.1. The van der Waals surface area contributed by atoms with Crippen molar-refractivity contribution in [1.29, 1.82) is 0 Å². The Morgan fingerprint density at radius 2 is 2.15 bits per heavy atom. The average molecular weight is 479 g/mol. The van der Waals surface area contributed by atoms with Gasteiger partial charge in [0, 0.05) is 48.5 Å². The van der Waals surface area contributed by atoms with E-state index in [1.807, 2.05) is 36.1 Å². The van der Waals surface area contributed by atoms with Crippen molar-refractivity contribution in [3.8, 4) is 11.4 Å². The summed E-state index contributed by atoms with van der Waals surface area (Å²) in [5.74, 6) is 0.222. The highest BCUT2D eigenvalue weighted by atomic mass is 35.5. The topological polar surface area (TPSA) is 86.8 Å². The van der Waals surface area contributed by atoms with Crippen molar-refractivity contribution >= 4 is 34.4 Å². The van der Waals surface area contributed by atoms with Crippen LogP contribution in [0.1, 0.15) is 28.8 Å². The maximum Gasteiger partial charge on any atom is 0.254 e. The van der Waals surface area contributed by atoms with Gasteiger partial charge in [-0.1, -0.05) is 29.8 Å². The zero-order chi connectivity index (χ0) is 23.7. The van der Waals surface area contributed by atoms with Crippen LogP contribution in [0, 0.1) is 18.7 Å². The van der Waals surface area contributed by atoms with E-state index in [1.165, 1.54) is 0 Å². The third kappa shape index (κ3) is 4.46. The zero-order valence-electron chi connectivity index (χ0n) is 18.7. The molecule has 1 aromatic carbocycles. The molecule has 5 rings (SSSR count). The number of fused-ring (bicyclic) bond motifs is 1. The van der Waals surface area contributed by atoms with Gasteiger partial charge in [0.1, 0.15) is 5.65 Å². The summed E-state index contributed by atoms with van der Waals surface area (Å²) in [6.07, 6.45) is 6.32. The van der Waals surface area contributed by atoms with Crippen LogP contribution in [-0.2, 0) is 0 Å². The first-order chi connectivity index (χ1) is 16.5. The average Bonchev–Trinajstić information content (AvgIpc) is 3.26. The highest BCUT2D eigenvalue weighted by Gasteiger charge is 2.25. The van der Waals surface area contributed by atoms with Crippen molar-refractivity contribution in [1.82, 2.24) is 24.8 Å². The van der Waals surface area contributed by atoms with E-state index in [4.69, 9.17) is 11.6 Å². The lowest BCUT2D eigenvalue weighted by Gasteiger charge is -2.33. The molecule has 0 spiro atoms. The summed E-state index contributed by atoms with van der Waals surface area (Å²) >= 11 is 6.09. The van der Waals surface area contributed by atoms with Crippen LogP contribution < -0.4 is 5.32 Å². The van der Waals surface area contributed by atoms with Crippen molar-refractivity contribution in [3.05, 3.63) is 70.9 Å². The monoisotopic (exact) mass is 478 g/mol. The van der Waals surface area contributed by atoms with Crippen molar-refractivity contribution in [2.45, 2.75) is 19.8 Å². The van der Waals surface area contributed by atoms with E-state index < -0.39 is 5.82 Å². The molecule has 0 saturated carbocycles. The largest absolute Gasteiger partial charge is 0.367 e. The SMILES string of the molecule is Cc1ccccc1C(=O)N1CCC[C@@H](CNc2nc(-c3c[nH]c4ncc(Cl)cc34)ncc2F)C1. The number of anilines is 1. The fourth-order valence-corrected chi connectivity index (χ4v) is 4.58. The Morgan fingerprint density at radius 3 is 3.00 bits per heavy atom. The Balaban J connectivity index is 1.30. The van der Waals surface area contributed by atoms with Gasteiger partial charge in [0.05, 0.1) is 11.2 Å². The van der Waals surface area contributed by atoms with Gasteiger partial charge in [-0.25, -0.2) is 19.3 Å². The number of carbonyl (C=O) groups excluding carboxylic acids is 1. The quantitative estimate of drug-likeness (QED) is 0.417. The number of H-pyrrole nitrogens is 1. The van der Waals surface area contributed by atoms with E-state index in [0.717, 1.165) is 42.1 Å². The van der Waals surface area contributed by atoms with Crippen molar-refractivity contribution in [2.24, 2.45) is 5.92 Å². The number of likely N-dealkylation sites (tertiary alicyclic amines) is 1. The number of rotatable bonds is 5. The van der Waals surface area contributed by atoms with E-state index in [9.17, 15) is 9.18 Å². The Labute approximate surface area is 201 Å². The molecule has 0 unspecified atom stereocenters. The highest BCUT2D eigenvalue weighted by molar-refractivity contribution is 6.31. The molecule has 0 bridgehead atoms. The van der Waals surface area contributed by atoms with E-state index in [2.05, 4.69) is 25.3 Å².